The second kappa shape index (κ2) is 5.07. The average molecular weight is 301 g/mol. The molecule has 94 valence electrons. The van der Waals surface area contributed by atoms with Gasteiger partial charge in [-0.1, -0.05) is 25.8 Å². The van der Waals surface area contributed by atoms with Crippen LogP contribution >= 0.6 is 15.9 Å². The highest BCUT2D eigenvalue weighted by Crippen LogP contribution is 2.41. The summed E-state index contributed by atoms with van der Waals surface area (Å²) in [5.41, 5.74) is 1.03. The second-order valence-electron chi connectivity index (χ2n) is 5.33. The summed E-state index contributed by atoms with van der Waals surface area (Å²) in [6.07, 6.45) is 4.88. The fraction of sp³-hybridized carbons (Fsp3) is 0.571. The molecule has 1 aromatic carbocycles. The maximum absolute atomic E-state index is 13.1. The Bertz CT molecular complexity index is 399. The molecule has 1 aliphatic carbocycles. The van der Waals surface area contributed by atoms with Gasteiger partial charge in [0.15, 0.2) is 0 Å². The maximum atomic E-state index is 13.1. The minimum Gasteiger partial charge on any atom is -0.392 e. The van der Waals surface area contributed by atoms with E-state index >= 15 is 0 Å². The number of aliphatic hydroxyl groups excluding tert-OH is 1. The Hall–Kier alpha value is -0.410. The first kappa shape index (κ1) is 13.0. The van der Waals surface area contributed by atoms with E-state index in [1.54, 1.807) is 12.1 Å². The standard InChI is InChI=1S/C14H18BrFO/c1-14(6-2-3-7-14)13(17)9-10-4-5-12(16)11(15)8-10/h4-5,8,13,17H,2-3,6-7,9H2,1H3. The van der Waals surface area contributed by atoms with Crippen molar-refractivity contribution in [3.05, 3.63) is 34.1 Å². The molecular weight excluding hydrogens is 283 g/mol. The average Bonchev–Trinajstić information content (AvgIpc) is 2.72. The summed E-state index contributed by atoms with van der Waals surface area (Å²) in [6, 6.07) is 4.96. The molecule has 0 radical (unpaired) electrons. The molecule has 1 fully saturated rings. The number of rotatable bonds is 3. The van der Waals surface area contributed by atoms with Gasteiger partial charge in [0.25, 0.3) is 0 Å². The van der Waals surface area contributed by atoms with Crippen LogP contribution in [0.2, 0.25) is 0 Å². The highest BCUT2D eigenvalue weighted by molar-refractivity contribution is 9.10. The van der Waals surface area contributed by atoms with Gasteiger partial charge in [-0.15, -0.1) is 0 Å². The summed E-state index contributed by atoms with van der Waals surface area (Å²) >= 11 is 3.18. The molecule has 2 rings (SSSR count). The van der Waals surface area contributed by atoms with Crippen molar-refractivity contribution in [1.82, 2.24) is 0 Å². The van der Waals surface area contributed by atoms with Crippen LogP contribution in [-0.4, -0.2) is 11.2 Å². The zero-order chi connectivity index (χ0) is 12.5. The predicted molar refractivity (Wildman–Crippen MR) is 70.4 cm³/mol. The Labute approximate surface area is 110 Å². The molecule has 3 heteroatoms. The maximum Gasteiger partial charge on any atom is 0.137 e. The molecule has 1 atom stereocenters. The topological polar surface area (TPSA) is 20.2 Å². The van der Waals surface area contributed by atoms with Gasteiger partial charge in [-0.05, 0) is 58.3 Å². The summed E-state index contributed by atoms with van der Waals surface area (Å²) in [7, 11) is 0. The normalized spacial score (nSPS) is 20.5. The molecule has 1 nitrogen and oxygen atoms in total. The molecular formula is C14H18BrFO. The van der Waals surface area contributed by atoms with Gasteiger partial charge in [0.1, 0.15) is 5.82 Å². The Morgan fingerprint density at radius 1 is 1.41 bits per heavy atom. The lowest BCUT2D eigenvalue weighted by atomic mass is 9.80. The smallest absolute Gasteiger partial charge is 0.137 e. The van der Waals surface area contributed by atoms with Crippen molar-refractivity contribution < 1.29 is 9.50 Å². The molecule has 0 bridgehead atoms. The number of hydrogen-bond acceptors (Lipinski definition) is 1. The summed E-state index contributed by atoms with van der Waals surface area (Å²) in [4.78, 5) is 0. The SMILES string of the molecule is CC1(C(O)Cc2ccc(F)c(Br)c2)CCCC1. The van der Waals surface area contributed by atoms with Gasteiger partial charge in [0, 0.05) is 0 Å². The molecule has 0 heterocycles. The molecule has 0 aliphatic heterocycles. The number of halogens is 2. The predicted octanol–water partition coefficient (Wildman–Crippen LogP) is 4.07. The van der Waals surface area contributed by atoms with Crippen LogP contribution in [0.25, 0.3) is 0 Å². The second-order valence-corrected chi connectivity index (χ2v) is 6.18. The van der Waals surface area contributed by atoms with E-state index in [0.29, 0.717) is 10.9 Å². The largest absolute Gasteiger partial charge is 0.392 e. The van der Waals surface area contributed by atoms with Gasteiger partial charge >= 0.3 is 0 Å². The molecule has 0 amide bonds. The molecule has 1 unspecified atom stereocenters. The number of hydrogen-bond donors (Lipinski definition) is 1. The van der Waals surface area contributed by atoms with Crippen LogP contribution in [0, 0.1) is 11.2 Å². The van der Waals surface area contributed by atoms with Crippen LogP contribution in [0.3, 0.4) is 0 Å². The molecule has 0 spiro atoms. The third-order valence-electron chi connectivity index (χ3n) is 3.96. The van der Waals surface area contributed by atoms with Crippen molar-refractivity contribution in [2.45, 2.75) is 45.1 Å². The zero-order valence-corrected chi connectivity index (χ0v) is 11.6. The fourth-order valence-corrected chi connectivity index (χ4v) is 3.08. The Balaban J connectivity index is 2.07. The summed E-state index contributed by atoms with van der Waals surface area (Å²) in [5.74, 6) is -0.254. The lowest BCUT2D eigenvalue weighted by Gasteiger charge is -2.30. The molecule has 1 aliphatic rings. The Kier molecular flexibility index (Phi) is 3.88. The van der Waals surface area contributed by atoms with Crippen molar-refractivity contribution in [2.75, 3.05) is 0 Å². The van der Waals surface area contributed by atoms with E-state index in [9.17, 15) is 9.50 Å². The van der Waals surface area contributed by atoms with Crippen LogP contribution in [0.5, 0.6) is 0 Å². The first-order valence-electron chi connectivity index (χ1n) is 6.13. The van der Waals surface area contributed by atoms with Gasteiger partial charge < -0.3 is 5.11 Å². The Morgan fingerprint density at radius 3 is 2.65 bits per heavy atom. The zero-order valence-electron chi connectivity index (χ0n) is 10.0. The van der Waals surface area contributed by atoms with Crippen molar-refractivity contribution in [3.8, 4) is 0 Å². The fourth-order valence-electron chi connectivity index (χ4n) is 2.65. The first-order chi connectivity index (χ1) is 8.01. The van der Waals surface area contributed by atoms with Crippen LogP contribution in [0.1, 0.15) is 38.2 Å². The molecule has 0 saturated heterocycles. The Morgan fingerprint density at radius 2 is 2.06 bits per heavy atom. The van der Waals surface area contributed by atoms with Gasteiger partial charge in [-0.3, -0.25) is 0 Å². The van der Waals surface area contributed by atoms with E-state index < -0.39 is 0 Å². The van der Waals surface area contributed by atoms with Gasteiger partial charge in [-0.2, -0.15) is 0 Å². The van der Waals surface area contributed by atoms with Crippen LogP contribution in [-0.2, 0) is 6.42 Å². The van der Waals surface area contributed by atoms with Crippen molar-refractivity contribution in [2.24, 2.45) is 5.41 Å². The highest BCUT2D eigenvalue weighted by Gasteiger charge is 2.35. The molecule has 1 N–H and O–H groups in total. The van der Waals surface area contributed by atoms with Gasteiger partial charge in [0.05, 0.1) is 10.6 Å². The van der Waals surface area contributed by atoms with Crippen molar-refractivity contribution >= 4 is 15.9 Å². The summed E-state index contributed by atoms with van der Waals surface area (Å²) in [5, 5.41) is 10.3. The first-order valence-corrected chi connectivity index (χ1v) is 6.92. The monoisotopic (exact) mass is 300 g/mol. The minimum absolute atomic E-state index is 0.0425. The van der Waals surface area contributed by atoms with E-state index in [2.05, 4.69) is 22.9 Å². The van der Waals surface area contributed by atoms with Gasteiger partial charge in [-0.25, -0.2) is 4.39 Å². The summed E-state index contributed by atoms with van der Waals surface area (Å²) < 4.78 is 13.6. The molecule has 17 heavy (non-hydrogen) atoms. The molecule has 0 aromatic heterocycles. The van der Waals surface area contributed by atoms with E-state index in [4.69, 9.17) is 0 Å². The third-order valence-corrected chi connectivity index (χ3v) is 4.57. The van der Waals surface area contributed by atoms with E-state index in [-0.39, 0.29) is 17.3 Å². The van der Waals surface area contributed by atoms with Crippen LogP contribution in [0.4, 0.5) is 4.39 Å². The lowest BCUT2D eigenvalue weighted by Crippen LogP contribution is -2.31. The summed E-state index contributed by atoms with van der Waals surface area (Å²) in [6.45, 7) is 2.16. The quantitative estimate of drug-likeness (QED) is 0.892. The van der Waals surface area contributed by atoms with Crippen LogP contribution in [0.15, 0.2) is 22.7 Å². The number of aliphatic hydroxyl groups is 1. The highest BCUT2D eigenvalue weighted by atomic mass is 79.9. The molecule has 1 aromatic rings. The van der Waals surface area contributed by atoms with Crippen molar-refractivity contribution in [3.63, 3.8) is 0 Å². The van der Waals surface area contributed by atoms with E-state index in [1.807, 2.05) is 0 Å². The molecule has 1 saturated carbocycles. The van der Waals surface area contributed by atoms with Crippen molar-refractivity contribution in [1.29, 1.82) is 0 Å². The van der Waals surface area contributed by atoms with Crippen LogP contribution < -0.4 is 0 Å². The minimum atomic E-state index is -0.331. The van der Waals surface area contributed by atoms with E-state index in [1.165, 1.54) is 18.9 Å². The van der Waals surface area contributed by atoms with Gasteiger partial charge in [0.2, 0.25) is 0 Å². The third kappa shape index (κ3) is 2.89. The number of benzene rings is 1. The lowest BCUT2D eigenvalue weighted by molar-refractivity contribution is 0.0423. The van der Waals surface area contributed by atoms with E-state index in [0.717, 1.165) is 18.4 Å².